The molecular weight excluding hydrogens is 623 g/mol. The van der Waals surface area contributed by atoms with Gasteiger partial charge in [-0.05, 0) is 36.4 Å². The third kappa shape index (κ3) is 6.31. The van der Waals surface area contributed by atoms with Crippen molar-refractivity contribution in [1.29, 1.82) is 0 Å². The summed E-state index contributed by atoms with van der Waals surface area (Å²) in [6.07, 6.45) is 1.97. The number of H-pyrrole nitrogens is 1. The number of hydrogen-bond donors (Lipinski definition) is 4. The number of nitro benzene ring substituents is 1. The Hall–Kier alpha value is -4.80. The Morgan fingerprint density at radius 3 is 2.72 bits per heavy atom. The fraction of sp³-hybridized carbons (Fsp3) is 0.333. The summed E-state index contributed by atoms with van der Waals surface area (Å²) >= 11 is 0. The molecule has 1 unspecified atom stereocenters. The smallest absolute Gasteiger partial charge is 0.293 e. The maximum Gasteiger partial charge on any atom is 0.293 e. The van der Waals surface area contributed by atoms with Gasteiger partial charge in [0, 0.05) is 62.7 Å². The first kappa shape index (κ1) is 31.2. The predicted molar refractivity (Wildman–Crippen MR) is 166 cm³/mol. The van der Waals surface area contributed by atoms with Crippen molar-refractivity contribution in [3.63, 3.8) is 0 Å². The molecule has 2 aliphatic heterocycles. The van der Waals surface area contributed by atoms with E-state index in [9.17, 15) is 28.4 Å². The first-order valence-electron chi connectivity index (χ1n) is 14.5. The number of carbonyl (C=O) groups is 1. The summed E-state index contributed by atoms with van der Waals surface area (Å²) in [7, 11) is -4.60. The average Bonchev–Trinajstić information content (AvgIpc) is 3.43. The monoisotopic (exact) mass is 654 g/mol. The molecule has 0 bridgehead atoms. The molecule has 0 spiro atoms. The van der Waals surface area contributed by atoms with Gasteiger partial charge in [-0.15, -0.1) is 0 Å². The van der Waals surface area contributed by atoms with Gasteiger partial charge in [0.1, 0.15) is 22.7 Å². The zero-order chi connectivity index (χ0) is 32.5. The molecule has 16 heteroatoms. The number of anilines is 3. The van der Waals surface area contributed by atoms with Crippen LogP contribution in [0.3, 0.4) is 0 Å². The maximum absolute atomic E-state index is 15.0. The highest BCUT2D eigenvalue weighted by Gasteiger charge is 2.34. The second-order valence-electron chi connectivity index (χ2n) is 11.2. The lowest BCUT2D eigenvalue weighted by Gasteiger charge is -2.29. The number of ether oxygens (including phenoxy) is 2. The molecule has 14 nitrogen and oxygen atoms in total. The number of aromatic nitrogens is 2. The summed E-state index contributed by atoms with van der Waals surface area (Å²) in [6.45, 7) is 0.416. The van der Waals surface area contributed by atoms with Crippen molar-refractivity contribution >= 4 is 49.7 Å². The molecule has 46 heavy (non-hydrogen) atoms. The van der Waals surface area contributed by atoms with Crippen molar-refractivity contribution in [3.8, 4) is 5.88 Å². The quantitative estimate of drug-likeness (QED) is 0.152. The molecule has 1 saturated heterocycles. The molecule has 1 amide bonds. The molecule has 0 radical (unpaired) electrons. The number of aromatic amines is 1. The Labute approximate surface area is 262 Å². The summed E-state index contributed by atoms with van der Waals surface area (Å²) in [5.41, 5.74) is -0.861. The number of amides is 1. The van der Waals surface area contributed by atoms with E-state index in [1.165, 1.54) is 12.1 Å². The van der Waals surface area contributed by atoms with Crippen LogP contribution in [0.25, 0.3) is 11.0 Å². The number of hydrogen-bond acceptors (Lipinski definition) is 11. The zero-order valence-corrected chi connectivity index (χ0v) is 25.3. The van der Waals surface area contributed by atoms with Gasteiger partial charge in [0.05, 0.1) is 34.3 Å². The number of para-hydroxylation sites is 1. The number of rotatable bonds is 9. The molecular formula is C30H31FN6O8S. The minimum absolute atomic E-state index is 0.0118. The molecule has 4 heterocycles. The number of aliphatic hydroxyl groups excluding tert-OH is 1. The van der Waals surface area contributed by atoms with Crippen LogP contribution < -0.4 is 19.7 Å². The lowest BCUT2D eigenvalue weighted by atomic mass is 9.96. The molecule has 2 aromatic heterocycles. The SMILES string of the molecule is O=C(NS(=O)(=O)c1ccc(NCC2(F)CCOCC2)c([N+](=O)[O-])c1)c1ccccc1N1CC(CO)COc2nc3[nH]ccc3cc21. The van der Waals surface area contributed by atoms with E-state index in [0.29, 0.717) is 17.0 Å². The number of carbonyl (C=O) groups excluding carboxylic acids is 1. The standard InChI is InChI=1S/C30H31FN6O8S/c31-30(8-11-44-12-9-30)18-33-23-6-5-21(14-25(23)37(40)41)46(42,43)35-28(39)22-3-1-2-4-24(22)36-15-19(16-38)17-45-29-26(36)13-20-7-10-32-27(20)34-29/h1-7,10,13-14,19,33,38H,8-9,11-12,15-18H2,(H,32,34)(H,35,39). The number of sulfonamides is 1. The number of pyridine rings is 1. The Morgan fingerprint density at radius 2 is 1.96 bits per heavy atom. The predicted octanol–water partition coefficient (Wildman–Crippen LogP) is 3.66. The molecule has 2 aliphatic rings. The Morgan fingerprint density at radius 1 is 1.17 bits per heavy atom. The van der Waals surface area contributed by atoms with E-state index >= 15 is 4.39 Å². The number of fused-ring (bicyclic) bond motifs is 2. The number of nitrogens with one attached hydrogen (secondary N) is 3. The summed E-state index contributed by atoms with van der Waals surface area (Å²) in [4.78, 5) is 33.5. The van der Waals surface area contributed by atoms with E-state index < -0.39 is 37.1 Å². The molecule has 6 rings (SSSR count). The first-order chi connectivity index (χ1) is 22.1. The van der Waals surface area contributed by atoms with Gasteiger partial charge in [0.2, 0.25) is 5.88 Å². The number of nitrogens with zero attached hydrogens (tertiary/aromatic N) is 3. The third-order valence-electron chi connectivity index (χ3n) is 8.05. The number of benzene rings is 2. The van der Waals surface area contributed by atoms with Gasteiger partial charge >= 0.3 is 0 Å². The minimum Gasteiger partial charge on any atom is -0.476 e. The van der Waals surface area contributed by atoms with E-state index in [4.69, 9.17) is 9.47 Å². The van der Waals surface area contributed by atoms with Gasteiger partial charge in [-0.2, -0.15) is 4.98 Å². The molecule has 242 valence electrons. The highest BCUT2D eigenvalue weighted by Crippen LogP contribution is 2.39. The zero-order valence-electron chi connectivity index (χ0n) is 24.4. The third-order valence-corrected chi connectivity index (χ3v) is 9.38. The van der Waals surface area contributed by atoms with E-state index in [0.717, 1.165) is 17.5 Å². The van der Waals surface area contributed by atoms with Crippen molar-refractivity contribution in [2.75, 3.05) is 49.7 Å². The second-order valence-corrected chi connectivity index (χ2v) is 12.9. The lowest BCUT2D eigenvalue weighted by Crippen LogP contribution is -2.38. The topological polar surface area (TPSA) is 189 Å². The van der Waals surface area contributed by atoms with Gasteiger partial charge in [-0.1, -0.05) is 12.1 Å². The molecule has 2 aromatic carbocycles. The summed E-state index contributed by atoms with van der Waals surface area (Å²) in [5.74, 6) is -1.08. The number of alkyl halides is 1. The second kappa shape index (κ2) is 12.5. The fourth-order valence-electron chi connectivity index (χ4n) is 5.48. The Kier molecular flexibility index (Phi) is 8.50. The van der Waals surface area contributed by atoms with Gasteiger partial charge in [0.25, 0.3) is 21.6 Å². The van der Waals surface area contributed by atoms with Crippen LogP contribution >= 0.6 is 0 Å². The Bertz CT molecular complexity index is 1900. The van der Waals surface area contributed by atoms with Gasteiger partial charge in [-0.3, -0.25) is 14.9 Å². The first-order valence-corrected chi connectivity index (χ1v) is 16.0. The normalized spacial score (nSPS) is 17.9. The maximum atomic E-state index is 15.0. The van der Waals surface area contributed by atoms with E-state index in [1.807, 2.05) is 16.9 Å². The largest absolute Gasteiger partial charge is 0.476 e. The molecule has 0 saturated carbocycles. The minimum atomic E-state index is -4.60. The van der Waals surface area contributed by atoms with Gasteiger partial charge in [0.15, 0.2) is 0 Å². The average molecular weight is 655 g/mol. The van der Waals surface area contributed by atoms with E-state index in [1.54, 1.807) is 29.3 Å². The van der Waals surface area contributed by atoms with Crippen molar-refractivity contribution < 1.29 is 37.1 Å². The Balaban J connectivity index is 1.28. The highest BCUT2D eigenvalue weighted by atomic mass is 32.2. The number of halogens is 1. The van der Waals surface area contributed by atoms with Crippen LogP contribution in [0.2, 0.25) is 0 Å². The molecule has 4 N–H and O–H groups in total. The van der Waals surface area contributed by atoms with Crippen molar-refractivity contribution in [2.45, 2.75) is 23.4 Å². The molecule has 1 fully saturated rings. The van der Waals surface area contributed by atoms with Crippen LogP contribution in [0.5, 0.6) is 5.88 Å². The van der Waals surface area contributed by atoms with Gasteiger partial charge < -0.3 is 29.8 Å². The summed E-state index contributed by atoms with van der Waals surface area (Å²) in [5, 5.41) is 25.4. The molecule has 1 atom stereocenters. The highest BCUT2D eigenvalue weighted by molar-refractivity contribution is 7.90. The summed E-state index contributed by atoms with van der Waals surface area (Å²) in [6, 6.07) is 13.1. The van der Waals surface area contributed by atoms with Crippen LogP contribution in [-0.4, -0.2) is 79.5 Å². The molecule has 4 aromatic rings. The fourth-order valence-corrected chi connectivity index (χ4v) is 6.47. The van der Waals surface area contributed by atoms with Crippen molar-refractivity contribution in [2.24, 2.45) is 5.92 Å². The van der Waals surface area contributed by atoms with Crippen LogP contribution in [0.15, 0.2) is 65.7 Å². The summed E-state index contributed by atoms with van der Waals surface area (Å²) < 4.78 is 54.9. The van der Waals surface area contributed by atoms with Crippen molar-refractivity contribution in [3.05, 3.63) is 76.5 Å². The van der Waals surface area contributed by atoms with E-state index in [-0.39, 0.29) is 75.4 Å². The van der Waals surface area contributed by atoms with Gasteiger partial charge in [-0.25, -0.2) is 17.5 Å². The van der Waals surface area contributed by atoms with Crippen molar-refractivity contribution in [1.82, 2.24) is 14.7 Å². The number of aliphatic hydroxyl groups is 1. The van der Waals surface area contributed by atoms with Crippen LogP contribution in [0.1, 0.15) is 23.2 Å². The lowest BCUT2D eigenvalue weighted by molar-refractivity contribution is -0.384. The van der Waals surface area contributed by atoms with Crippen LogP contribution in [0.4, 0.5) is 27.1 Å². The van der Waals surface area contributed by atoms with Crippen LogP contribution in [-0.2, 0) is 14.8 Å². The number of nitro groups is 1. The van der Waals surface area contributed by atoms with E-state index in [2.05, 4.69) is 15.3 Å². The molecule has 0 aliphatic carbocycles. The van der Waals surface area contributed by atoms with Crippen LogP contribution in [0, 0.1) is 16.0 Å².